The molecule has 132 valence electrons. The lowest BCUT2D eigenvalue weighted by Crippen LogP contribution is -2.35. The Morgan fingerprint density at radius 1 is 1.00 bits per heavy atom. The molecule has 1 heterocycles. The van der Waals surface area contributed by atoms with Crippen molar-refractivity contribution >= 4 is 29.0 Å². The van der Waals surface area contributed by atoms with Crippen LogP contribution in [0.5, 0.6) is 5.75 Å². The number of carbonyl (C=O) groups is 1. The van der Waals surface area contributed by atoms with Crippen LogP contribution in [0.15, 0.2) is 48.5 Å². The molecule has 0 aromatic heterocycles. The first kappa shape index (κ1) is 17.6. The molecule has 2 aromatic rings. The number of anilines is 2. The minimum Gasteiger partial charge on any atom is -0.490 e. The summed E-state index contributed by atoms with van der Waals surface area (Å²) in [6.07, 6.45) is 2.35. The lowest BCUT2D eigenvalue weighted by molar-refractivity contribution is 0.114. The number of amides is 2. The smallest absolute Gasteiger partial charge is 0.323 e. The Labute approximate surface area is 152 Å². The molecule has 1 aliphatic heterocycles. The number of piperidine rings is 1. The van der Waals surface area contributed by atoms with E-state index in [0.717, 1.165) is 31.7 Å². The van der Waals surface area contributed by atoms with Gasteiger partial charge in [0.2, 0.25) is 0 Å². The number of carbonyl (C=O) groups excluding carboxylic acids is 1. The fraction of sp³-hybridized carbons (Fsp3) is 0.316. The summed E-state index contributed by atoms with van der Waals surface area (Å²) in [7, 11) is 2.13. The molecule has 3 rings (SSSR count). The third-order valence-electron chi connectivity index (χ3n) is 4.18. The number of nitrogens with one attached hydrogen (secondary N) is 2. The van der Waals surface area contributed by atoms with Crippen molar-refractivity contribution in [3.63, 3.8) is 0 Å². The topological polar surface area (TPSA) is 53.6 Å². The van der Waals surface area contributed by atoms with Crippen LogP contribution in [-0.2, 0) is 0 Å². The lowest BCUT2D eigenvalue weighted by atomic mass is 10.1. The van der Waals surface area contributed by atoms with Gasteiger partial charge in [0.1, 0.15) is 11.9 Å². The largest absolute Gasteiger partial charge is 0.490 e. The first-order chi connectivity index (χ1) is 12.1. The van der Waals surface area contributed by atoms with Gasteiger partial charge in [0.15, 0.2) is 0 Å². The highest BCUT2D eigenvalue weighted by Crippen LogP contribution is 2.21. The van der Waals surface area contributed by atoms with Gasteiger partial charge in [-0.05, 0) is 68.4 Å². The number of benzene rings is 2. The average molecular weight is 360 g/mol. The van der Waals surface area contributed by atoms with E-state index >= 15 is 0 Å². The molecule has 2 N–H and O–H groups in total. The van der Waals surface area contributed by atoms with Crippen molar-refractivity contribution < 1.29 is 9.53 Å². The van der Waals surface area contributed by atoms with Gasteiger partial charge >= 0.3 is 6.03 Å². The Hall–Kier alpha value is -2.24. The second kappa shape index (κ2) is 8.23. The second-order valence-corrected chi connectivity index (χ2v) is 6.67. The number of halogens is 1. The molecule has 1 aliphatic rings. The van der Waals surface area contributed by atoms with Crippen LogP contribution in [-0.4, -0.2) is 37.2 Å². The predicted molar refractivity (Wildman–Crippen MR) is 102 cm³/mol. The minimum atomic E-state index is -0.300. The van der Waals surface area contributed by atoms with Crippen LogP contribution in [0.4, 0.5) is 16.2 Å². The van der Waals surface area contributed by atoms with E-state index in [4.69, 9.17) is 16.3 Å². The summed E-state index contributed by atoms with van der Waals surface area (Å²) in [5.74, 6) is 0.832. The SMILES string of the molecule is CN1CCC(Oc2ccc(NC(=O)Nc3ccc(Cl)cc3)cc2)CC1. The maximum Gasteiger partial charge on any atom is 0.323 e. The molecule has 0 unspecified atom stereocenters. The van der Waals surface area contributed by atoms with E-state index in [1.165, 1.54) is 0 Å². The Bertz CT molecular complexity index is 696. The van der Waals surface area contributed by atoms with Crippen LogP contribution >= 0.6 is 11.6 Å². The number of urea groups is 1. The summed E-state index contributed by atoms with van der Waals surface area (Å²) in [5.41, 5.74) is 1.39. The predicted octanol–water partition coefficient (Wildman–Crippen LogP) is 4.46. The van der Waals surface area contributed by atoms with Crippen molar-refractivity contribution in [2.75, 3.05) is 30.8 Å². The van der Waals surface area contributed by atoms with Gasteiger partial charge in [-0.15, -0.1) is 0 Å². The van der Waals surface area contributed by atoms with Gasteiger partial charge < -0.3 is 20.3 Å². The average Bonchev–Trinajstić information content (AvgIpc) is 2.61. The molecule has 0 atom stereocenters. The summed E-state index contributed by atoms with van der Waals surface area (Å²) < 4.78 is 6.00. The number of hydrogen-bond acceptors (Lipinski definition) is 3. The van der Waals surface area contributed by atoms with Crippen LogP contribution in [0.1, 0.15) is 12.8 Å². The van der Waals surface area contributed by atoms with Gasteiger partial charge in [-0.2, -0.15) is 0 Å². The zero-order valence-corrected chi connectivity index (χ0v) is 14.9. The molecule has 1 saturated heterocycles. The van der Waals surface area contributed by atoms with Gasteiger partial charge in [-0.1, -0.05) is 11.6 Å². The quantitative estimate of drug-likeness (QED) is 0.847. The van der Waals surface area contributed by atoms with Gasteiger partial charge in [-0.25, -0.2) is 4.79 Å². The Balaban J connectivity index is 1.50. The van der Waals surface area contributed by atoms with E-state index in [0.29, 0.717) is 16.4 Å². The van der Waals surface area contributed by atoms with Crippen LogP contribution in [0, 0.1) is 0 Å². The number of ether oxygens (including phenoxy) is 1. The molecule has 0 radical (unpaired) electrons. The van der Waals surface area contributed by atoms with E-state index in [2.05, 4.69) is 22.6 Å². The van der Waals surface area contributed by atoms with Crippen LogP contribution in [0.25, 0.3) is 0 Å². The van der Waals surface area contributed by atoms with Crippen molar-refractivity contribution in [2.24, 2.45) is 0 Å². The number of likely N-dealkylation sites (tertiary alicyclic amines) is 1. The molecule has 1 fully saturated rings. The summed E-state index contributed by atoms with van der Waals surface area (Å²) in [6, 6.07) is 14.1. The van der Waals surface area contributed by atoms with Gasteiger partial charge in [0.05, 0.1) is 0 Å². The Morgan fingerprint density at radius 2 is 1.52 bits per heavy atom. The molecule has 0 saturated carbocycles. The zero-order valence-electron chi connectivity index (χ0n) is 14.2. The number of rotatable bonds is 4. The molecule has 0 bridgehead atoms. The van der Waals surface area contributed by atoms with Crippen LogP contribution < -0.4 is 15.4 Å². The van der Waals surface area contributed by atoms with Crippen molar-refractivity contribution in [3.05, 3.63) is 53.6 Å². The van der Waals surface area contributed by atoms with Crippen molar-refractivity contribution in [1.82, 2.24) is 4.90 Å². The van der Waals surface area contributed by atoms with Gasteiger partial charge in [0, 0.05) is 29.5 Å². The highest BCUT2D eigenvalue weighted by atomic mass is 35.5. The summed E-state index contributed by atoms with van der Waals surface area (Å²) in [6.45, 7) is 2.13. The maximum absolute atomic E-state index is 12.0. The first-order valence-corrected chi connectivity index (χ1v) is 8.75. The van der Waals surface area contributed by atoms with E-state index in [1.54, 1.807) is 24.3 Å². The fourth-order valence-corrected chi connectivity index (χ4v) is 2.86. The standard InChI is InChI=1S/C19H22ClN3O2/c1-23-12-10-18(11-13-23)25-17-8-6-16(7-9-17)22-19(24)21-15-4-2-14(20)3-5-15/h2-9,18H,10-13H2,1H3,(H2,21,22,24). The number of hydrogen-bond donors (Lipinski definition) is 2. The second-order valence-electron chi connectivity index (χ2n) is 6.23. The highest BCUT2D eigenvalue weighted by Gasteiger charge is 2.17. The van der Waals surface area contributed by atoms with Crippen molar-refractivity contribution in [3.8, 4) is 5.75 Å². The van der Waals surface area contributed by atoms with E-state index in [1.807, 2.05) is 24.3 Å². The highest BCUT2D eigenvalue weighted by molar-refractivity contribution is 6.30. The van der Waals surface area contributed by atoms with E-state index in [9.17, 15) is 4.79 Å². The third-order valence-corrected chi connectivity index (χ3v) is 4.43. The normalized spacial score (nSPS) is 15.6. The molecule has 25 heavy (non-hydrogen) atoms. The minimum absolute atomic E-state index is 0.267. The number of nitrogens with zero attached hydrogens (tertiary/aromatic N) is 1. The van der Waals surface area contributed by atoms with E-state index < -0.39 is 0 Å². The Morgan fingerprint density at radius 3 is 2.08 bits per heavy atom. The monoisotopic (exact) mass is 359 g/mol. The maximum atomic E-state index is 12.0. The molecule has 2 aromatic carbocycles. The summed E-state index contributed by atoms with van der Waals surface area (Å²) in [4.78, 5) is 14.3. The fourth-order valence-electron chi connectivity index (χ4n) is 2.74. The third kappa shape index (κ3) is 5.37. The van der Waals surface area contributed by atoms with Gasteiger partial charge in [-0.3, -0.25) is 0 Å². The lowest BCUT2D eigenvalue weighted by Gasteiger charge is -2.29. The molecular formula is C19H22ClN3O2. The molecule has 6 heteroatoms. The molecular weight excluding hydrogens is 338 g/mol. The molecule has 0 aliphatic carbocycles. The van der Waals surface area contributed by atoms with Gasteiger partial charge in [0.25, 0.3) is 0 Å². The van der Waals surface area contributed by atoms with Crippen LogP contribution in [0.3, 0.4) is 0 Å². The molecule has 0 spiro atoms. The zero-order chi connectivity index (χ0) is 17.6. The molecule has 5 nitrogen and oxygen atoms in total. The summed E-state index contributed by atoms with van der Waals surface area (Å²) >= 11 is 5.83. The van der Waals surface area contributed by atoms with Crippen molar-refractivity contribution in [2.45, 2.75) is 18.9 Å². The van der Waals surface area contributed by atoms with Crippen molar-refractivity contribution in [1.29, 1.82) is 0 Å². The first-order valence-electron chi connectivity index (χ1n) is 8.37. The van der Waals surface area contributed by atoms with E-state index in [-0.39, 0.29) is 12.1 Å². The summed E-state index contributed by atoms with van der Waals surface area (Å²) in [5, 5.41) is 6.18. The van der Waals surface area contributed by atoms with Crippen LogP contribution in [0.2, 0.25) is 5.02 Å². The molecule has 2 amide bonds. The Kier molecular flexibility index (Phi) is 5.79.